The normalized spacial score (nSPS) is 23.6. The summed E-state index contributed by atoms with van der Waals surface area (Å²) in [6, 6.07) is 23.0. The number of hydrogen-bond acceptors (Lipinski definition) is 4. The van der Waals surface area contributed by atoms with Crippen LogP contribution in [0.2, 0.25) is 0 Å². The largest absolute Gasteiger partial charge is 0.273 e. The van der Waals surface area contributed by atoms with E-state index < -0.39 is 12.0 Å². The molecule has 0 radical (unpaired) electrons. The van der Waals surface area contributed by atoms with Crippen molar-refractivity contribution in [1.82, 2.24) is 0 Å². The Kier molecular flexibility index (Phi) is 4.55. The molecule has 30 heavy (non-hydrogen) atoms. The molecule has 0 saturated carbocycles. The lowest BCUT2D eigenvalue weighted by atomic mass is 9.90. The summed E-state index contributed by atoms with van der Waals surface area (Å²) >= 11 is 0. The van der Waals surface area contributed by atoms with Gasteiger partial charge in [-0.05, 0) is 35.9 Å². The van der Waals surface area contributed by atoms with Gasteiger partial charge in [-0.25, -0.2) is 9.96 Å². The van der Waals surface area contributed by atoms with Crippen molar-refractivity contribution >= 4 is 34.0 Å². The second kappa shape index (κ2) is 7.26. The van der Waals surface area contributed by atoms with Crippen molar-refractivity contribution < 1.29 is 14.4 Å². The Bertz CT molecular complexity index is 1110. The molecule has 152 valence electrons. The fourth-order valence-electron chi connectivity index (χ4n) is 4.68. The third-order valence-electron chi connectivity index (χ3n) is 5.97. The number of imide groups is 1. The highest BCUT2D eigenvalue weighted by atomic mass is 16.7. The number of nitrogens with zero attached hydrogens (tertiary/aromatic N) is 2. The average molecular weight is 400 g/mol. The van der Waals surface area contributed by atoms with E-state index >= 15 is 0 Å². The number of benzene rings is 3. The van der Waals surface area contributed by atoms with Gasteiger partial charge in [-0.15, -0.1) is 0 Å². The second-order valence-electron chi connectivity index (χ2n) is 8.42. The Hall–Kier alpha value is -3.18. The predicted octanol–water partition coefficient (Wildman–Crippen LogP) is 4.56. The van der Waals surface area contributed by atoms with Gasteiger partial charge in [0.25, 0.3) is 5.91 Å². The molecule has 2 saturated heterocycles. The summed E-state index contributed by atoms with van der Waals surface area (Å²) in [5.74, 6) is -0.615. The number of anilines is 2. The molecule has 0 aliphatic carbocycles. The van der Waals surface area contributed by atoms with E-state index in [2.05, 4.69) is 13.8 Å². The predicted molar refractivity (Wildman–Crippen MR) is 117 cm³/mol. The first-order valence-corrected chi connectivity index (χ1v) is 10.4. The van der Waals surface area contributed by atoms with Crippen molar-refractivity contribution in [3.63, 3.8) is 0 Å². The first kappa shape index (κ1) is 18.8. The maximum absolute atomic E-state index is 13.6. The van der Waals surface area contributed by atoms with Crippen molar-refractivity contribution in [1.29, 1.82) is 0 Å². The Morgan fingerprint density at radius 1 is 0.867 bits per heavy atom. The van der Waals surface area contributed by atoms with Gasteiger partial charge in [-0.3, -0.25) is 14.4 Å². The van der Waals surface area contributed by atoms with Crippen molar-refractivity contribution in [3.05, 3.63) is 72.8 Å². The zero-order valence-corrected chi connectivity index (χ0v) is 17.1. The number of carbonyl (C=O) groups is 2. The van der Waals surface area contributed by atoms with E-state index in [1.165, 1.54) is 4.90 Å². The first-order valence-electron chi connectivity index (χ1n) is 10.4. The lowest BCUT2D eigenvalue weighted by Crippen LogP contribution is -2.41. The number of hydrogen-bond donors (Lipinski definition) is 0. The van der Waals surface area contributed by atoms with Crippen LogP contribution >= 0.6 is 0 Å². The van der Waals surface area contributed by atoms with Crippen LogP contribution in [-0.2, 0) is 14.4 Å². The SMILES string of the molecule is CC(C)C[C@@H]1[C@H]2C(=O)N(c3cccc4ccccc34)C(=O)[C@@H]2ON1c1ccccc1. The molecule has 2 fully saturated rings. The van der Waals surface area contributed by atoms with E-state index in [1.807, 2.05) is 72.8 Å². The molecule has 5 heteroatoms. The Balaban J connectivity index is 1.55. The topological polar surface area (TPSA) is 49.9 Å². The van der Waals surface area contributed by atoms with Gasteiger partial charge < -0.3 is 0 Å². The van der Waals surface area contributed by atoms with Gasteiger partial charge >= 0.3 is 0 Å². The van der Waals surface area contributed by atoms with E-state index in [1.54, 1.807) is 5.06 Å². The third kappa shape index (κ3) is 2.89. The van der Waals surface area contributed by atoms with Crippen LogP contribution < -0.4 is 9.96 Å². The van der Waals surface area contributed by atoms with Crippen LogP contribution in [0.25, 0.3) is 10.8 Å². The molecule has 0 bridgehead atoms. The lowest BCUT2D eigenvalue weighted by molar-refractivity contribution is -0.126. The summed E-state index contributed by atoms with van der Waals surface area (Å²) < 4.78 is 0. The van der Waals surface area contributed by atoms with E-state index in [0.717, 1.165) is 22.9 Å². The van der Waals surface area contributed by atoms with Crippen LogP contribution in [0.5, 0.6) is 0 Å². The number of fused-ring (bicyclic) bond motifs is 2. The second-order valence-corrected chi connectivity index (χ2v) is 8.42. The highest BCUT2D eigenvalue weighted by molar-refractivity contribution is 6.26. The van der Waals surface area contributed by atoms with Gasteiger partial charge in [-0.1, -0.05) is 68.4 Å². The molecule has 0 spiro atoms. The van der Waals surface area contributed by atoms with E-state index in [-0.39, 0.29) is 17.9 Å². The molecule has 3 aromatic rings. The highest BCUT2D eigenvalue weighted by Crippen LogP contribution is 2.43. The molecule has 0 unspecified atom stereocenters. The molecule has 5 nitrogen and oxygen atoms in total. The highest BCUT2D eigenvalue weighted by Gasteiger charge is 2.59. The van der Waals surface area contributed by atoms with Crippen LogP contribution in [0.15, 0.2) is 72.8 Å². The smallest absolute Gasteiger partial charge is 0.266 e. The first-order chi connectivity index (χ1) is 14.6. The molecule has 3 aromatic carbocycles. The Morgan fingerprint density at radius 2 is 1.57 bits per heavy atom. The van der Waals surface area contributed by atoms with Gasteiger partial charge in [0.05, 0.1) is 23.3 Å². The minimum absolute atomic E-state index is 0.176. The maximum Gasteiger partial charge on any atom is 0.266 e. The summed E-state index contributed by atoms with van der Waals surface area (Å²) in [4.78, 5) is 34.5. The van der Waals surface area contributed by atoms with E-state index in [9.17, 15) is 9.59 Å². The van der Waals surface area contributed by atoms with Gasteiger partial charge in [0.1, 0.15) is 0 Å². The van der Waals surface area contributed by atoms with E-state index in [4.69, 9.17) is 4.84 Å². The lowest BCUT2D eigenvalue weighted by Gasteiger charge is -2.29. The Morgan fingerprint density at radius 3 is 2.33 bits per heavy atom. The molecule has 2 amide bonds. The number of para-hydroxylation sites is 1. The zero-order valence-electron chi connectivity index (χ0n) is 17.1. The van der Waals surface area contributed by atoms with Crippen LogP contribution in [-0.4, -0.2) is 24.0 Å². The van der Waals surface area contributed by atoms with Crippen LogP contribution in [0, 0.1) is 11.8 Å². The summed E-state index contributed by atoms with van der Waals surface area (Å²) in [7, 11) is 0. The molecular weight excluding hydrogens is 376 g/mol. The molecule has 3 atom stereocenters. The molecule has 0 N–H and O–H groups in total. The Labute approximate surface area is 175 Å². The standard InChI is InChI=1S/C25H24N2O3/c1-16(2)15-21-22-23(30-27(21)18-11-4-3-5-12-18)25(29)26(24(22)28)20-14-8-10-17-9-6-7-13-19(17)20/h3-14,16,21-23H,15H2,1-2H3/t21-,22-,23-/m1/s1. The van der Waals surface area contributed by atoms with Crippen molar-refractivity contribution in [3.8, 4) is 0 Å². The molecular formula is C25H24N2O3. The fraction of sp³-hybridized carbons (Fsp3) is 0.280. The third-order valence-corrected chi connectivity index (χ3v) is 5.97. The molecule has 5 rings (SSSR count). The molecule has 0 aromatic heterocycles. The van der Waals surface area contributed by atoms with Crippen molar-refractivity contribution in [2.75, 3.05) is 9.96 Å². The van der Waals surface area contributed by atoms with Gasteiger partial charge in [-0.2, -0.15) is 0 Å². The summed E-state index contributed by atoms with van der Waals surface area (Å²) in [6.07, 6.45) is -0.0289. The van der Waals surface area contributed by atoms with Crippen LogP contribution in [0.3, 0.4) is 0 Å². The summed E-state index contributed by atoms with van der Waals surface area (Å²) in [6.45, 7) is 4.25. The van der Waals surface area contributed by atoms with Crippen molar-refractivity contribution in [2.24, 2.45) is 11.8 Å². The van der Waals surface area contributed by atoms with E-state index in [0.29, 0.717) is 11.6 Å². The van der Waals surface area contributed by atoms with Crippen molar-refractivity contribution in [2.45, 2.75) is 32.4 Å². The number of amides is 2. The number of rotatable bonds is 4. The number of hydroxylamine groups is 1. The monoisotopic (exact) mass is 400 g/mol. The molecule has 2 aliphatic heterocycles. The van der Waals surface area contributed by atoms with Gasteiger partial charge in [0, 0.05) is 5.39 Å². The summed E-state index contributed by atoms with van der Waals surface area (Å²) in [5.41, 5.74) is 1.51. The minimum atomic E-state index is -0.791. The minimum Gasteiger partial charge on any atom is -0.273 e. The van der Waals surface area contributed by atoms with Crippen LogP contribution in [0.1, 0.15) is 20.3 Å². The molecule has 2 heterocycles. The van der Waals surface area contributed by atoms with Gasteiger partial charge in [0.15, 0.2) is 6.10 Å². The quantitative estimate of drug-likeness (QED) is 0.602. The fourth-order valence-corrected chi connectivity index (χ4v) is 4.68. The molecule has 2 aliphatic rings. The van der Waals surface area contributed by atoms with Gasteiger partial charge in [0.2, 0.25) is 5.91 Å². The number of carbonyl (C=O) groups excluding carboxylic acids is 2. The zero-order chi connectivity index (χ0) is 20.8. The summed E-state index contributed by atoms with van der Waals surface area (Å²) in [5, 5.41) is 3.67. The van der Waals surface area contributed by atoms with Crippen LogP contribution in [0.4, 0.5) is 11.4 Å². The maximum atomic E-state index is 13.6. The average Bonchev–Trinajstić information content (AvgIpc) is 3.24.